The van der Waals surface area contributed by atoms with Crippen molar-refractivity contribution >= 4 is 29.1 Å². The predicted octanol–water partition coefficient (Wildman–Crippen LogP) is 2.52. The number of halogens is 2. The minimum atomic E-state index is -0.666. The summed E-state index contributed by atoms with van der Waals surface area (Å²) in [5.74, 6) is -0.497. The summed E-state index contributed by atoms with van der Waals surface area (Å²) in [4.78, 5) is 11.4. The Morgan fingerprint density at radius 3 is 2.19 bits per heavy atom. The molecule has 16 heavy (non-hydrogen) atoms. The molecule has 3 N–H and O–H groups in total. The van der Waals surface area contributed by atoms with Gasteiger partial charge in [-0.05, 0) is 26.0 Å². The van der Waals surface area contributed by atoms with Gasteiger partial charge in [0.15, 0.2) is 0 Å². The zero-order valence-electron chi connectivity index (χ0n) is 9.13. The molecule has 1 aromatic rings. The fourth-order valence-corrected chi connectivity index (χ4v) is 2.04. The Kier molecular flexibility index (Phi) is 4.59. The number of nitrogens with two attached hydrogens (primary N) is 1. The summed E-state index contributed by atoms with van der Waals surface area (Å²) in [6.07, 6.45) is 0. The summed E-state index contributed by atoms with van der Waals surface area (Å²) in [6.45, 7) is 3.83. The molecule has 1 unspecified atom stereocenters. The van der Waals surface area contributed by atoms with Crippen LogP contribution in [0.2, 0.25) is 10.0 Å². The molecule has 1 aromatic carbocycles. The maximum Gasteiger partial charge on any atom is 0.239 e. The minimum absolute atomic E-state index is 0.102. The van der Waals surface area contributed by atoms with E-state index in [1.807, 2.05) is 13.8 Å². The van der Waals surface area contributed by atoms with Crippen molar-refractivity contribution in [2.75, 3.05) is 0 Å². The molecule has 3 nitrogen and oxygen atoms in total. The van der Waals surface area contributed by atoms with E-state index in [4.69, 9.17) is 28.9 Å². The number of hydrogen-bond donors (Lipinski definition) is 2. The lowest BCUT2D eigenvalue weighted by molar-refractivity contribution is -0.120. The first-order valence-corrected chi connectivity index (χ1v) is 5.68. The van der Waals surface area contributed by atoms with Crippen LogP contribution in [0.1, 0.15) is 25.5 Å². The van der Waals surface area contributed by atoms with E-state index in [1.54, 1.807) is 18.2 Å². The highest BCUT2D eigenvalue weighted by molar-refractivity contribution is 6.36. The van der Waals surface area contributed by atoms with Crippen LogP contribution in [0, 0.1) is 0 Å². The molecule has 1 atom stereocenters. The van der Waals surface area contributed by atoms with E-state index in [2.05, 4.69) is 5.32 Å². The summed E-state index contributed by atoms with van der Waals surface area (Å²) < 4.78 is 0. The lowest BCUT2D eigenvalue weighted by atomic mass is 10.1. The second kappa shape index (κ2) is 5.53. The van der Waals surface area contributed by atoms with Gasteiger partial charge in [-0.15, -0.1) is 0 Å². The van der Waals surface area contributed by atoms with Crippen LogP contribution in [0.25, 0.3) is 0 Å². The highest BCUT2D eigenvalue weighted by Crippen LogP contribution is 2.30. The van der Waals surface area contributed by atoms with E-state index in [0.717, 1.165) is 0 Å². The van der Waals surface area contributed by atoms with Crippen LogP contribution in [0.15, 0.2) is 18.2 Å². The van der Waals surface area contributed by atoms with Crippen molar-refractivity contribution in [3.8, 4) is 0 Å². The van der Waals surface area contributed by atoms with E-state index in [-0.39, 0.29) is 6.04 Å². The summed E-state index contributed by atoms with van der Waals surface area (Å²) in [6, 6.07) is 4.52. The number of carbonyl (C=O) groups is 1. The molecule has 88 valence electrons. The van der Waals surface area contributed by atoms with Gasteiger partial charge in [-0.2, -0.15) is 0 Å². The third kappa shape index (κ3) is 3.11. The maximum atomic E-state index is 11.4. The molecule has 0 fully saturated rings. The Morgan fingerprint density at radius 1 is 1.31 bits per heavy atom. The number of primary amides is 1. The largest absolute Gasteiger partial charge is 0.368 e. The van der Waals surface area contributed by atoms with Gasteiger partial charge in [-0.3, -0.25) is 10.1 Å². The topological polar surface area (TPSA) is 55.1 Å². The van der Waals surface area contributed by atoms with Crippen LogP contribution >= 0.6 is 23.2 Å². The van der Waals surface area contributed by atoms with Crippen molar-refractivity contribution in [2.45, 2.75) is 25.9 Å². The zero-order chi connectivity index (χ0) is 12.3. The van der Waals surface area contributed by atoms with Crippen LogP contribution in [0.3, 0.4) is 0 Å². The summed E-state index contributed by atoms with van der Waals surface area (Å²) in [5, 5.41) is 3.90. The molecule has 0 bridgehead atoms. The second-order valence-corrected chi connectivity index (χ2v) is 4.61. The number of rotatable bonds is 4. The molecule has 1 rings (SSSR count). The van der Waals surface area contributed by atoms with Crippen molar-refractivity contribution in [3.05, 3.63) is 33.8 Å². The molecule has 5 heteroatoms. The lowest BCUT2D eigenvalue weighted by Crippen LogP contribution is -2.37. The van der Waals surface area contributed by atoms with E-state index in [1.165, 1.54) is 0 Å². The lowest BCUT2D eigenvalue weighted by Gasteiger charge is -2.20. The fourth-order valence-electron chi connectivity index (χ4n) is 1.43. The van der Waals surface area contributed by atoms with Gasteiger partial charge in [0, 0.05) is 21.7 Å². The quantitative estimate of drug-likeness (QED) is 0.874. The van der Waals surface area contributed by atoms with E-state index >= 15 is 0 Å². The second-order valence-electron chi connectivity index (χ2n) is 3.79. The molecular formula is C11H14Cl2N2O. The Labute approximate surface area is 105 Å². The number of carbonyl (C=O) groups excluding carboxylic acids is 1. The van der Waals surface area contributed by atoms with E-state index in [0.29, 0.717) is 15.6 Å². The number of amides is 1. The highest BCUT2D eigenvalue weighted by atomic mass is 35.5. The van der Waals surface area contributed by atoms with Crippen molar-refractivity contribution < 1.29 is 4.79 Å². The zero-order valence-corrected chi connectivity index (χ0v) is 10.6. The number of nitrogens with one attached hydrogen (secondary N) is 1. The Morgan fingerprint density at radius 2 is 1.81 bits per heavy atom. The predicted molar refractivity (Wildman–Crippen MR) is 66.7 cm³/mol. The van der Waals surface area contributed by atoms with Gasteiger partial charge in [-0.1, -0.05) is 29.3 Å². The summed E-state index contributed by atoms with van der Waals surface area (Å²) >= 11 is 12.0. The smallest absolute Gasteiger partial charge is 0.239 e. The van der Waals surface area contributed by atoms with Crippen LogP contribution < -0.4 is 11.1 Å². The molecular weight excluding hydrogens is 247 g/mol. The Hall–Kier alpha value is -0.770. The molecule has 0 aliphatic heterocycles. The summed E-state index contributed by atoms with van der Waals surface area (Å²) in [7, 11) is 0. The first-order valence-electron chi connectivity index (χ1n) is 4.92. The monoisotopic (exact) mass is 260 g/mol. The average molecular weight is 261 g/mol. The number of benzene rings is 1. The molecule has 0 saturated heterocycles. The van der Waals surface area contributed by atoms with Crippen LogP contribution in [-0.2, 0) is 4.79 Å². The molecule has 0 saturated carbocycles. The maximum absolute atomic E-state index is 11.4. The first kappa shape index (κ1) is 13.3. The molecule has 0 spiro atoms. The minimum Gasteiger partial charge on any atom is -0.368 e. The average Bonchev–Trinajstić information content (AvgIpc) is 2.15. The molecule has 1 amide bonds. The van der Waals surface area contributed by atoms with Crippen LogP contribution in [0.5, 0.6) is 0 Å². The molecule has 0 aliphatic rings. The van der Waals surface area contributed by atoms with Crippen LogP contribution in [0.4, 0.5) is 0 Å². The SMILES string of the molecule is CC(C)NC(C(N)=O)c1c(Cl)cccc1Cl. The third-order valence-corrected chi connectivity index (χ3v) is 2.73. The molecule has 0 aromatic heterocycles. The van der Waals surface area contributed by atoms with Gasteiger partial charge in [0.2, 0.25) is 5.91 Å². The molecule has 0 aliphatic carbocycles. The van der Waals surface area contributed by atoms with Gasteiger partial charge in [0.1, 0.15) is 6.04 Å². The number of hydrogen-bond acceptors (Lipinski definition) is 2. The molecule has 0 heterocycles. The van der Waals surface area contributed by atoms with Gasteiger partial charge >= 0.3 is 0 Å². The highest BCUT2D eigenvalue weighted by Gasteiger charge is 2.23. The Balaban J connectivity index is 3.15. The van der Waals surface area contributed by atoms with Crippen molar-refractivity contribution in [2.24, 2.45) is 5.73 Å². The van der Waals surface area contributed by atoms with Crippen molar-refractivity contribution in [1.82, 2.24) is 5.32 Å². The van der Waals surface area contributed by atoms with E-state index in [9.17, 15) is 4.79 Å². The van der Waals surface area contributed by atoms with Gasteiger partial charge in [0.25, 0.3) is 0 Å². The fraction of sp³-hybridized carbons (Fsp3) is 0.364. The van der Waals surface area contributed by atoms with Gasteiger partial charge in [-0.25, -0.2) is 0 Å². The standard InChI is InChI=1S/C11H14Cl2N2O/c1-6(2)15-10(11(14)16)9-7(12)4-3-5-8(9)13/h3-6,10,15H,1-2H3,(H2,14,16). The van der Waals surface area contributed by atoms with E-state index < -0.39 is 11.9 Å². The van der Waals surface area contributed by atoms with Crippen LogP contribution in [-0.4, -0.2) is 11.9 Å². The molecule has 0 radical (unpaired) electrons. The third-order valence-electron chi connectivity index (χ3n) is 2.07. The van der Waals surface area contributed by atoms with Crippen molar-refractivity contribution in [1.29, 1.82) is 0 Å². The normalized spacial score (nSPS) is 12.8. The van der Waals surface area contributed by atoms with Crippen molar-refractivity contribution in [3.63, 3.8) is 0 Å². The van der Waals surface area contributed by atoms with Gasteiger partial charge < -0.3 is 5.73 Å². The summed E-state index contributed by atoms with van der Waals surface area (Å²) in [5.41, 5.74) is 5.87. The first-order chi connectivity index (χ1) is 7.43. The van der Waals surface area contributed by atoms with Gasteiger partial charge in [0.05, 0.1) is 0 Å². The Bertz CT molecular complexity index is 373.